The maximum absolute atomic E-state index is 12.1. The van der Waals surface area contributed by atoms with E-state index >= 15 is 0 Å². The molecular weight excluding hydrogens is 294 g/mol. The summed E-state index contributed by atoms with van der Waals surface area (Å²) in [6.45, 7) is 4.27. The molecular formula is C14H22ClN3O3. The monoisotopic (exact) mass is 315 g/mol. The Morgan fingerprint density at radius 3 is 2.38 bits per heavy atom. The number of para-hydroxylation sites is 1. The van der Waals surface area contributed by atoms with E-state index in [-0.39, 0.29) is 30.4 Å². The molecule has 118 valence electrons. The number of nitrogens with two attached hydrogens (primary N) is 1. The zero-order valence-corrected chi connectivity index (χ0v) is 13.1. The summed E-state index contributed by atoms with van der Waals surface area (Å²) in [5.41, 5.74) is 5.67. The highest BCUT2D eigenvalue weighted by molar-refractivity contribution is 5.85. The zero-order chi connectivity index (χ0) is 15.2. The lowest BCUT2D eigenvalue weighted by Crippen LogP contribution is -2.53. The fourth-order valence-corrected chi connectivity index (χ4v) is 2.12. The second kappa shape index (κ2) is 8.59. The summed E-state index contributed by atoms with van der Waals surface area (Å²) >= 11 is 0. The molecule has 1 rings (SSSR count). The van der Waals surface area contributed by atoms with Crippen molar-refractivity contribution in [3.63, 3.8) is 0 Å². The van der Waals surface area contributed by atoms with Crippen LogP contribution in [0, 0.1) is 10.1 Å². The van der Waals surface area contributed by atoms with Crippen molar-refractivity contribution >= 4 is 24.0 Å². The lowest BCUT2D eigenvalue weighted by atomic mass is 9.92. The maximum atomic E-state index is 12.1. The maximum Gasteiger partial charge on any atom is 0.273 e. The Labute approximate surface area is 130 Å². The van der Waals surface area contributed by atoms with E-state index in [1.165, 1.54) is 6.07 Å². The lowest BCUT2D eigenvalue weighted by molar-refractivity contribution is -0.385. The van der Waals surface area contributed by atoms with Crippen molar-refractivity contribution in [1.82, 2.24) is 5.32 Å². The number of halogens is 1. The van der Waals surface area contributed by atoms with E-state index in [9.17, 15) is 14.9 Å². The van der Waals surface area contributed by atoms with Crippen molar-refractivity contribution < 1.29 is 9.72 Å². The van der Waals surface area contributed by atoms with Crippen LogP contribution in [0.1, 0.15) is 32.3 Å². The largest absolute Gasteiger partial charge is 0.349 e. The first-order valence-electron chi connectivity index (χ1n) is 6.71. The molecule has 6 nitrogen and oxygen atoms in total. The summed E-state index contributed by atoms with van der Waals surface area (Å²) in [5, 5.41) is 13.8. The molecule has 0 radical (unpaired) electrons. The minimum absolute atomic E-state index is 0. The highest BCUT2D eigenvalue weighted by Gasteiger charge is 2.27. The molecule has 0 heterocycles. The smallest absolute Gasteiger partial charge is 0.273 e. The second-order valence-corrected chi connectivity index (χ2v) is 4.80. The molecule has 0 fully saturated rings. The molecule has 0 unspecified atom stereocenters. The molecule has 1 amide bonds. The predicted molar refractivity (Wildman–Crippen MR) is 84.6 cm³/mol. The van der Waals surface area contributed by atoms with Crippen LogP contribution in [0.25, 0.3) is 0 Å². The van der Waals surface area contributed by atoms with Crippen molar-refractivity contribution in [2.45, 2.75) is 38.6 Å². The fourth-order valence-electron chi connectivity index (χ4n) is 2.12. The SMILES string of the molecule is CCC(CC)(CN)NC(=O)Cc1ccccc1[N+](=O)[O-].Cl. The van der Waals surface area contributed by atoms with Gasteiger partial charge in [0, 0.05) is 18.2 Å². The van der Waals surface area contributed by atoms with Crippen molar-refractivity contribution in [2.24, 2.45) is 5.73 Å². The van der Waals surface area contributed by atoms with Gasteiger partial charge in [0.2, 0.25) is 5.91 Å². The van der Waals surface area contributed by atoms with Crippen LogP contribution in [0.4, 0.5) is 5.69 Å². The van der Waals surface area contributed by atoms with E-state index in [1.54, 1.807) is 18.2 Å². The van der Waals surface area contributed by atoms with Crippen molar-refractivity contribution in [1.29, 1.82) is 0 Å². The quantitative estimate of drug-likeness (QED) is 0.595. The third kappa shape index (κ3) is 4.99. The Bertz CT molecular complexity index is 482. The molecule has 0 aromatic heterocycles. The first kappa shape index (κ1) is 19.3. The summed E-state index contributed by atoms with van der Waals surface area (Å²) in [5.74, 6) is -0.242. The third-order valence-electron chi connectivity index (χ3n) is 3.69. The standard InChI is InChI=1S/C14H21N3O3.ClH/c1-3-14(4-2,10-15)16-13(18)9-11-7-5-6-8-12(11)17(19)20;/h5-8H,3-4,9-10,15H2,1-2H3,(H,16,18);1H. The Morgan fingerprint density at radius 2 is 1.90 bits per heavy atom. The van der Waals surface area contributed by atoms with Crippen LogP contribution in [0.5, 0.6) is 0 Å². The van der Waals surface area contributed by atoms with Crippen LogP contribution < -0.4 is 11.1 Å². The highest BCUT2D eigenvalue weighted by Crippen LogP contribution is 2.19. The second-order valence-electron chi connectivity index (χ2n) is 4.80. The number of nitro benzene ring substituents is 1. The van der Waals surface area contributed by atoms with Gasteiger partial charge in [-0.2, -0.15) is 0 Å². The molecule has 1 aromatic rings. The molecule has 7 heteroatoms. The Morgan fingerprint density at radius 1 is 1.33 bits per heavy atom. The van der Waals surface area contributed by atoms with Crippen molar-refractivity contribution in [3.05, 3.63) is 39.9 Å². The van der Waals surface area contributed by atoms with Gasteiger partial charge in [0.25, 0.3) is 5.69 Å². The minimum atomic E-state index is -0.474. The van der Waals surface area contributed by atoms with E-state index in [2.05, 4.69) is 5.32 Å². The van der Waals surface area contributed by atoms with E-state index in [0.29, 0.717) is 12.1 Å². The Kier molecular flexibility index (Phi) is 7.91. The molecule has 0 spiro atoms. The summed E-state index contributed by atoms with van der Waals surface area (Å²) in [6.07, 6.45) is 1.43. The van der Waals surface area contributed by atoms with Crippen LogP contribution >= 0.6 is 12.4 Å². The van der Waals surface area contributed by atoms with Gasteiger partial charge in [-0.05, 0) is 12.8 Å². The van der Waals surface area contributed by atoms with Gasteiger partial charge in [-0.3, -0.25) is 14.9 Å². The van der Waals surface area contributed by atoms with Crippen molar-refractivity contribution in [2.75, 3.05) is 6.54 Å². The van der Waals surface area contributed by atoms with Crippen LogP contribution in [0.2, 0.25) is 0 Å². The van der Waals surface area contributed by atoms with Gasteiger partial charge in [-0.15, -0.1) is 12.4 Å². The highest BCUT2D eigenvalue weighted by atomic mass is 35.5. The Hall–Kier alpha value is -1.66. The van der Waals surface area contributed by atoms with E-state index in [4.69, 9.17) is 5.73 Å². The predicted octanol–water partition coefficient (Wildman–Crippen LogP) is 2.19. The van der Waals surface area contributed by atoms with Crippen molar-refractivity contribution in [3.8, 4) is 0 Å². The van der Waals surface area contributed by atoms with Gasteiger partial charge in [0.1, 0.15) is 0 Å². The Balaban J connectivity index is 0.00000400. The average molecular weight is 316 g/mol. The molecule has 0 saturated carbocycles. The van der Waals surface area contributed by atoms with E-state index in [1.807, 2.05) is 13.8 Å². The number of nitrogens with one attached hydrogen (secondary N) is 1. The van der Waals surface area contributed by atoms with E-state index in [0.717, 1.165) is 12.8 Å². The first-order valence-corrected chi connectivity index (χ1v) is 6.71. The van der Waals surface area contributed by atoms with Crippen LogP contribution in [0.15, 0.2) is 24.3 Å². The molecule has 0 aliphatic heterocycles. The molecule has 0 bridgehead atoms. The lowest BCUT2D eigenvalue weighted by Gasteiger charge is -2.31. The van der Waals surface area contributed by atoms with E-state index < -0.39 is 10.5 Å². The normalized spacial score (nSPS) is 10.6. The minimum Gasteiger partial charge on any atom is -0.349 e. The molecule has 0 aliphatic rings. The molecule has 21 heavy (non-hydrogen) atoms. The number of hydrogen-bond donors (Lipinski definition) is 2. The zero-order valence-electron chi connectivity index (χ0n) is 12.3. The topological polar surface area (TPSA) is 98.3 Å². The van der Waals surface area contributed by atoms with Crippen LogP contribution in [0.3, 0.4) is 0 Å². The number of nitrogens with zero attached hydrogens (tertiary/aromatic N) is 1. The summed E-state index contributed by atoms with van der Waals surface area (Å²) in [6, 6.07) is 6.27. The average Bonchev–Trinajstić information content (AvgIpc) is 2.45. The number of amides is 1. The molecule has 0 saturated heterocycles. The van der Waals surface area contributed by atoms with Crippen LogP contribution in [-0.2, 0) is 11.2 Å². The van der Waals surface area contributed by atoms with Crippen LogP contribution in [-0.4, -0.2) is 22.9 Å². The number of benzene rings is 1. The van der Waals surface area contributed by atoms with Gasteiger partial charge in [0.05, 0.1) is 16.9 Å². The molecule has 0 atom stereocenters. The summed E-state index contributed by atoms with van der Waals surface area (Å²) in [4.78, 5) is 22.5. The van der Waals surface area contributed by atoms with Gasteiger partial charge >= 0.3 is 0 Å². The molecule has 1 aromatic carbocycles. The first-order chi connectivity index (χ1) is 9.48. The number of rotatable bonds is 7. The number of nitro groups is 1. The van der Waals surface area contributed by atoms with Gasteiger partial charge in [0.15, 0.2) is 0 Å². The summed E-state index contributed by atoms with van der Waals surface area (Å²) in [7, 11) is 0. The number of hydrogen-bond acceptors (Lipinski definition) is 4. The third-order valence-corrected chi connectivity index (χ3v) is 3.69. The fraction of sp³-hybridized carbons (Fsp3) is 0.500. The van der Waals surface area contributed by atoms with Gasteiger partial charge in [-0.25, -0.2) is 0 Å². The van der Waals surface area contributed by atoms with Gasteiger partial charge in [-0.1, -0.05) is 32.0 Å². The number of carbonyl (C=O) groups is 1. The summed E-state index contributed by atoms with van der Waals surface area (Å²) < 4.78 is 0. The molecule has 3 N–H and O–H groups in total. The number of carbonyl (C=O) groups excluding carboxylic acids is 1. The van der Waals surface area contributed by atoms with Gasteiger partial charge < -0.3 is 11.1 Å². The molecule has 0 aliphatic carbocycles.